The number of methoxy groups -OCH3 is 1. The highest BCUT2D eigenvalue weighted by atomic mass is 35.5. The van der Waals surface area contributed by atoms with Crippen molar-refractivity contribution in [3.8, 4) is 5.75 Å². The third kappa shape index (κ3) is 4.29. The Morgan fingerprint density at radius 2 is 2.11 bits per heavy atom. The number of nitrogens with zero attached hydrogens (tertiary/aromatic N) is 2. The molecule has 0 spiro atoms. The predicted octanol–water partition coefficient (Wildman–Crippen LogP) is 3.47. The quantitative estimate of drug-likeness (QED) is 0.385. The Morgan fingerprint density at radius 1 is 1.31 bits per heavy atom. The Bertz CT molecular complexity index is 1310. The minimum Gasteiger partial charge on any atom is -0.497 e. The number of urea groups is 1. The van der Waals surface area contributed by atoms with Gasteiger partial charge in [0.15, 0.2) is 0 Å². The van der Waals surface area contributed by atoms with E-state index in [1.807, 2.05) is 0 Å². The summed E-state index contributed by atoms with van der Waals surface area (Å²) in [5.41, 5.74) is 6.75. The summed E-state index contributed by atoms with van der Waals surface area (Å²) in [5.74, 6) is 0.320. The van der Waals surface area contributed by atoms with E-state index in [1.54, 1.807) is 35.2 Å². The van der Waals surface area contributed by atoms with Gasteiger partial charge in [-0.3, -0.25) is 9.88 Å². The Kier molecular flexibility index (Phi) is 6.04. The average Bonchev–Trinajstić information content (AvgIpc) is 3.35. The molecule has 184 valence electrons. The molecular weight excluding hydrogens is 477 g/mol. The molecule has 2 aromatic carbocycles. The molecule has 5 N–H and O–H groups in total. The lowest BCUT2D eigenvalue weighted by molar-refractivity contribution is 0.0511. The molecule has 1 aliphatic heterocycles. The van der Waals surface area contributed by atoms with Gasteiger partial charge in [0.25, 0.3) is 0 Å². The number of aliphatic hydroxyl groups excluding tert-OH is 1. The number of rotatable bonds is 6. The molecule has 1 saturated carbocycles. The molecule has 2 heterocycles. The van der Waals surface area contributed by atoms with Crippen LogP contribution in [0.3, 0.4) is 0 Å². The Labute approximate surface area is 205 Å². The summed E-state index contributed by atoms with van der Waals surface area (Å²) in [4.78, 5) is 26.9. The Morgan fingerprint density at radius 3 is 2.86 bits per heavy atom. The van der Waals surface area contributed by atoms with E-state index in [9.17, 15) is 19.1 Å². The number of piperidine rings is 1. The number of amides is 3. The van der Waals surface area contributed by atoms with Crippen LogP contribution < -0.4 is 21.1 Å². The zero-order valence-electron chi connectivity index (χ0n) is 18.9. The monoisotopic (exact) mass is 501 g/mol. The maximum atomic E-state index is 14.2. The fourth-order valence-corrected chi connectivity index (χ4v) is 5.11. The van der Waals surface area contributed by atoms with E-state index >= 15 is 0 Å². The second-order valence-electron chi connectivity index (χ2n) is 8.88. The van der Waals surface area contributed by atoms with Crippen molar-refractivity contribution >= 4 is 40.3 Å². The number of benzene rings is 2. The van der Waals surface area contributed by atoms with Crippen LogP contribution in [-0.4, -0.2) is 52.1 Å². The molecule has 11 heteroatoms. The number of primary amides is 1. The van der Waals surface area contributed by atoms with Crippen molar-refractivity contribution in [2.75, 3.05) is 12.4 Å². The molecule has 1 aliphatic carbocycles. The third-order valence-corrected chi connectivity index (χ3v) is 7.06. The van der Waals surface area contributed by atoms with Gasteiger partial charge in [-0.2, -0.15) is 0 Å². The largest absolute Gasteiger partial charge is 0.497 e. The van der Waals surface area contributed by atoms with Crippen LogP contribution in [0, 0.1) is 11.7 Å². The van der Waals surface area contributed by atoms with Crippen molar-refractivity contribution in [3.05, 3.63) is 59.0 Å². The molecule has 2 aliphatic rings. The second kappa shape index (κ2) is 9.03. The number of carbonyl (C=O) groups is 2. The van der Waals surface area contributed by atoms with Crippen LogP contribution in [0.15, 0.2) is 42.6 Å². The van der Waals surface area contributed by atoms with E-state index in [2.05, 4.69) is 10.6 Å². The molecule has 9 nitrogen and oxygen atoms in total. The molecule has 3 amide bonds. The average molecular weight is 502 g/mol. The van der Waals surface area contributed by atoms with Crippen LogP contribution >= 0.6 is 11.6 Å². The summed E-state index contributed by atoms with van der Waals surface area (Å²) in [7, 11) is 1.52. The molecule has 5 rings (SSSR count). The van der Waals surface area contributed by atoms with Crippen molar-refractivity contribution in [2.24, 2.45) is 11.7 Å². The van der Waals surface area contributed by atoms with Crippen LogP contribution in [0.2, 0.25) is 5.02 Å². The van der Waals surface area contributed by atoms with Crippen LogP contribution in [0.1, 0.15) is 18.4 Å². The molecule has 0 radical (unpaired) electrons. The predicted molar refractivity (Wildman–Crippen MR) is 129 cm³/mol. The SMILES string of the molecule is COc1ccc2c(c1)c(NC(=O)N1[C@@H]3CC3C[C@H]1C(O)NCc1cccc(Cl)c1F)cn2C(N)=O. The van der Waals surface area contributed by atoms with Gasteiger partial charge >= 0.3 is 12.1 Å². The minimum absolute atomic E-state index is 0.00802. The first-order valence-electron chi connectivity index (χ1n) is 11.2. The normalized spacial score (nSPS) is 21.6. The van der Waals surface area contributed by atoms with Crippen molar-refractivity contribution < 1.29 is 23.8 Å². The molecule has 0 bridgehead atoms. The topological polar surface area (TPSA) is 122 Å². The number of ether oxygens (including phenoxy) is 1. The Balaban J connectivity index is 1.34. The highest BCUT2D eigenvalue weighted by molar-refractivity contribution is 6.30. The molecule has 2 unspecified atom stereocenters. The first-order valence-corrected chi connectivity index (χ1v) is 11.6. The summed E-state index contributed by atoms with van der Waals surface area (Å²) < 4.78 is 20.7. The summed E-state index contributed by atoms with van der Waals surface area (Å²) >= 11 is 5.84. The van der Waals surface area contributed by atoms with Crippen molar-refractivity contribution in [2.45, 2.75) is 37.7 Å². The molecule has 2 fully saturated rings. The van der Waals surface area contributed by atoms with Gasteiger partial charge in [0.1, 0.15) is 17.8 Å². The van der Waals surface area contributed by atoms with Gasteiger partial charge in [-0.1, -0.05) is 23.7 Å². The van der Waals surface area contributed by atoms with E-state index in [-0.39, 0.29) is 17.6 Å². The number of hydrogen-bond acceptors (Lipinski definition) is 5. The number of hydrogen-bond donors (Lipinski definition) is 4. The van der Waals surface area contributed by atoms with Crippen LogP contribution in [0.25, 0.3) is 10.9 Å². The maximum Gasteiger partial charge on any atom is 0.323 e. The van der Waals surface area contributed by atoms with Crippen LogP contribution in [0.4, 0.5) is 19.7 Å². The zero-order chi connectivity index (χ0) is 24.9. The molecule has 3 aromatic rings. The highest BCUT2D eigenvalue weighted by Gasteiger charge is 2.55. The number of halogens is 2. The number of nitrogens with one attached hydrogen (secondary N) is 2. The smallest absolute Gasteiger partial charge is 0.323 e. The van der Waals surface area contributed by atoms with E-state index in [4.69, 9.17) is 22.1 Å². The molecule has 4 atom stereocenters. The first kappa shape index (κ1) is 23.4. The fraction of sp³-hybridized carbons (Fsp3) is 0.333. The van der Waals surface area contributed by atoms with Gasteiger partial charge in [0.05, 0.1) is 29.4 Å². The van der Waals surface area contributed by atoms with E-state index in [1.165, 1.54) is 23.9 Å². The standard InChI is InChI=1S/C24H25ClFN5O4/c1-35-14-5-6-18-15(9-14)17(11-30(18)23(27)33)29-24(34)31-19-7-13(19)8-20(31)22(32)28-10-12-3-2-4-16(25)21(12)26/h2-6,9,11,13,19-20,22,28,32H,7-8,10H2,1H3,(H2,27,33)(H,29,34)/t13?,19-,20+,22?/m1/s1. The van der Waals surface area contributed by atoms with Crippen LogP contribution in [-0.2, 0) is 6.54 Å². The summed E-state index contributed by atoms with van der Waals surface area (Å²) in [6, 6.07) is 8.20. The fourth-order valence-electron chi connectivity index (χ4n) is 4.91. The molecule has 1 aromatic heterocycles. The number of fused-ring (bicyclic) bond motifs is 2. The van der Waals surface area contributed by atoms with Gasteiger partial charge in [-0.15, -0.1) is 0 Å². The third-order valence-electron chi connectivity index (χ3n) is 6.77. The zero-order valence-corrected chi connectivity index (χ0v) is 19.6. The van der Waals surface area contributed by atoms with Gasteiger partial charge < -0.3 is 25.8 Å². The molecule has 1 saturated heterocycles. The lowest BCUT2D eigenvalue weighted by Gasteiger charge is -2.31. The number of aliphatic hydroxyl groups is 1. The van der Waals surface area contributed by atoms with Gasteiger partial charge in [0, 0.05) is 29.7 Å². The number of anilines is 1. The van der Waals surface area contributed by atoms with Gasteiger partial charge in [0.2, 0.25) is 0 Å². The second-order valence-corrected chi connectivity index (χ2v) is 9.28. The summed E-state index contributed by atoms with van der Waals surface area (Å²) in [6.45, 7) is 0.0563. The van der Waals surface area contributed by atoms with E-state index in [0.717, 1.165) is 6.42 Å². The van der Waals surface area contributed by atoms with Crippen molar-refractivity contribution in [1.29, 1.82) is 0 Å². The lowest BCUT2D eigenvalue weighted by Crippen LogP contribution is -2.51. The minimum atomic E-state index is -1.07. The maximum absolute atomic E-state index is 14.2. The van der Waals surface area contributed by atoms with E-state index in [0.29, 0.717) is 40.2 Å². The van der Waals surface area contributed by atoms with Crippen LogP contribution in [0.5, 0.6) is 5.75 Å². The summed E-state index contributed by atoms with van der Waals surface area (Å²) in [5, 5.41) is 17.2. The van der Waals surface area contributed by atoms with Gasteiger partial charge in [-0.25, -0.2) is 14.0 Å². The number of nitrogens with two attached hydrogens (primary N) is 1. The number of likely N-dealkylation sites (tertiary alicyclic amines) is 1. The molecule has 35 heavy (non-hydrogen) atoms. The highest BCUT2D eigenvalue weighted by Crippen LogP contribution is 2.48. The van der Waals surface area contributed by atoms with Crippen molar-refractivity contribution in [1.82, 2.24) is 14.8 Å². The van der Waals surface area contributed by atoms with Gasteiger partial charge in [-0.05, 0) is 43.0 Å². The first-order chi connectivity index (χ1) is 16.8. The van der Waals surface area contributed by atoms with E-state index < -0.39 is 30.1 Å². The molecular formula is C24H25ClFN5O4. The lowest BCUT2D eigenvalue weighted by atomic mass is 10.1. The number of carbonyl (C=O) groups excluding carboxylic acids is 2. The number of aromatic nitrogens is 1. The van der Waals surface area contributed by atoms with Crippen molar-refractivity contribution in [3.63, 3.8) is 0 Å². The summed E-state index contributed by atoms with van der Waals surface area (Å²) in [6.07, 6.45) is 1.88. The Hall–Kier alpha value is -3.34.